The predicted molar refractivity (Wildman–Crippen MR) is 75.8 cm³/mol. The fraction of sp³-hybridized carbons (Fsp3) is 0.133. The minimum Gasteiger partial charge on any atom is -0.354 e. The number of anilines is 1. The second kappa shape index (κ2) is 4.92. The molecule has 0 unspecified atom stereocenters. The maximum absolute atomic E-state index is 4.31. The van der Waals surface area contributed by atoms with Gasteiger partial charge in [0.25, 0.3) is 0 Å². The first kappa shape index (κ1) is 10.8. The van der Waals surface area contributed by atoms with Crippen LogP contribution >= 0.6 is 0 Å². The number of benzene rings is 2. The SMILES string of the molecule is c1ccc(-c2ccc(NC3=NCCN3)cc2)cc1. The third kappa shape index (κ3) is 2.35. The molecule has 18 heavy (non-hydrogen) atoms. The third-order valence-corrected chi connectivity index (χ3v) is 2.93. The van der Waals surface area contributed by atoms with E-state index in [0.29, 0.717) is 0 Å². The van der Waals surface area contributed by atoms with Crippen LogP contribution in [-0.2, 0) is 0 Å². The van der Waals surface area contributed by atoms with Crippen LogP contribution in [0.5, 0.6) is 0 Å². The van der Waals surface area contributed by atoms with Gasteiger partial charge in [-0.25, -0.2) is 0 Å². The summed E-state index contributed by atoms with van der Waals surface area (Å²) in [5.74, 6) is 0.863. The molecule has 0 radical (unpaired) electrons. The number of hydrogen-bond acceptors (Lipinski definition) is 3. The van der Waals surface area contributed by atoms with Crippen LogP contribution in [0.25, 0.3) is 11.1 Å². The molecule has 90 valence electrons. The van der Waals surface area contributed by atoms with Crippen molar-refractivity contribution in [3.8, 4) is 11.1 Å². The Balaban J connectivity index is 1.77. The molecule has 1 aliphatic heterocycles. The first-order valence-corrected chi connectivity index (χ1v) is 6.13. The van der Waals surface area contributed by atoms with E-state index in [4.69, 9.17) is 0 Å². The highest BCUT2D eigenvalue weighted by Crippen LogP contribution is 2.20. The van der Waals surface area contributed by atoms with Gasteiger partial charge in [0.15, 0.2) is 5.96 Å². The molecule has 0 atom stereocenters. The molecule has 1 heterocycles. The van der Waals surface area contributed by atoms with E-state index in [-0.39, 0.29) is 0 Å². The zero-order valence-electron chi connectivity index (χ0n) is 10.1. The first-order valence-electron chi connectivity index (χ1n) is 6.13. The van der Waals surface area contributed by atoms with Gasteiger partial charge in [-0.05, 0) is 23.3 Å². The number of guanidine groups is 1. The lowest BCUT2D eigenvalue weighted by molar-refractivity contribution is 0.959. The van der Waals surface area contributed by atoms with Crippen LogP contribution in [0.3, 0.4) is 0 Å². The Morgan fingerprint density at radius 2 is 1.61 bits per heavy atom. The average Bonchev–Trinajstić information content (AvgIpc) is 2.94. The highest BCUT2D eigenvalue weighted by Gasteiger charge is 2.04. The summed E-state index contributed by atoms with van der Waals surface area (Å²) in [5, 5.41) is 6.45. The molecule has 0 fully saturated rings. The largest absolute Gasteiger partial charge is 0.354 e. The second-order valence-corrected chi connectivity index (χ2v) is 4.23. The Hall–Kier alpha value is -2.29. The quantitative estimate of drug-likeness (QED) is 0.842. The summed E-state index contributed by atoms with van der Waals surface area (Å²) in [6.07, 6.45) is 0. The van der Waals surface area contributed by atoms with E-state index < -0.39 is 0 Å². The van der Waals surface area contributed by atoms with E-state index in [1.165, 1.54) is 11.1 Å². The van der Waals surface area contributed by atoms with E-state index in [1.807, 2.05) is 6.07 Å². The Kier molecular flexibility index (Phi) is 2.96. The average molecular weight is 237 g/mol. The van der Waals surface area contributed by atoms with Gasteiger partial charge >= 0.3 is 0 Å². The monoisotopic (exact) mass is 237 g/mol. The van der Waals surface area contributed by atoms with Crippen molar-refractivity contribution in [3.05, 3.63) is 54.6 Å². The predicted octanol–water partition coefficient (Wildman–Crippen LogP) is 2.72. The number of hydrogen-bond donors (Lipinski definition) is 2. The fourth-order valence-corrected chi connectivity index (χ4v) is 1.99. The number of nitrogens with one attached hydrogen (secondary N) is 2. The summed E-state index contributed by atoms with van der Waals surface area (Å²) in [6, 6.07) is 18.8. The molecule has 1 aliphatic rings. The lowest BCUT2D eigenvalue weighted by Crippen LogP contribution is -2.26. The van der Waals surface area contributed by atoms with Crippen molar-refractivity contribution in [2.45, 2.75) is 0 Å². The second-order valence-electron chi connectivity index (χ2n) is 4.23. The van der Waals surface area contributed by atoms with Crippen molar-refractivity contribution in [1.29, 1.82) is 0 Å². The van der Waals surface area contributed by atoms with Crippen molar-refractivity contribution >= 4 is 11.6 Å². The van der Waals surface area contributed by atoms with E-state index >= 15 is 0 Å². The topological polar surface area (TPSA) is 36.4 Å². The summed E-state index contributed by atoms with van der Waals surface area (Å²) < 4.78 is 0. The molecule has 2 aromatic carbocycles. The van der Waals surface area contributed by atoms with Crippen LogP contribution in [0, 0.1) is 0 Å². The molecular weight excluding hydrogens is 222 g/mol. The van der Waals surface area contributed by atoms with Crippen molar-refractivity contribution in [1.82, 2.24) is 5.32 Å². The summed E-state index contributed by atoms with van der Waals surface area (Å²) in [4.78, 5) is 4.31. The van der Waals surface area contributed by atoms with Crippen molar-refractivity contribution in [2.24, 2.45) is 4.99 Å². The Labute approximate surface area is 107 Å². The summed E-state index contributed by atoms with van der Waals surface area (Å²) in [7, 11) is 0. The number of nitrogens with zero attached hydrogens (tertiary/aromatic N) is 1. The van der Waals surface area contributed by atoms with Gasteiger partial charge in [-0.1, -0.05) is 42.5 Å². The Morgan fingerprint density at radius 3 is 2.28 bits per heavy atom. The molecule has 0 saturated heterocycles. The molecule has 3 rings (SSSR count). The molecule has 2 N–H and O–H groups in total. The minimum atomic E-state index is 0.852. The molecule has 0 amide bonds. The van der Waals surface area contributed by atoms with Crippen LogP contribution in [0.1, 0.15) is 0 Å². The standard InChI is InChI=1S/C15H15N3/c1-2-4-12(5-3-1)13-6-8-14(9-7-13)18-15-16-10-11-17-15/h1-9H,10-11H2,(H2,16,17,18). The van der Waals surface area contributed by atoms with E-state index in [1.54, 1.807) is 0 Å². The molecule has 3 nitrogen and oxygen atoms in total. The molecule has 2 aromatic rings. The van der Waals surface area contributed by atoms with Crippen LogP contribution in [-0.4, -0.2) is 19.0 Å². The maximum atomic E-state index is 4.31. The van der Waals surface area contributed by atoms with Crippen molar-refractivity contribution in [2.75, 3.05) is 18.4 Å². The smallest absolute Gasteiger partial charge is 0.195 e. The summed E-state index contributed by atoms with van der Waals surface area (Å²) in [6.45, 7) is 1.77. The van der Waals surface area contributed by atoms with Crippen LogP contribution < -0.4 is 10.6 Å². The van der Waals surface area contributed by atoms with Gasteiger partial charge < -0.3 is 10.6 Å². The molecule has 0 aliphatic carbocycles. The lowest BCUT2D eigenvalue weighted by Gasteiger charge is -2.07. The number of aliphatic imine (C=N–C) groups is 1. The maximum Gasteiger partial charge on any atom is 0.195 e. The van der Waals surface area contributed by atoms with E-state index in [0.717, 1.165) is 24.7 Å². The normalized spacial score (nSPS) is 13.9. The Morgan fingerprint density at radius 1 is 0.889 bits per heavy atom. The van der Waals surface area contributed by atoms with Gasteiger partial charge in [-0.15, -0.1) is 0 Å². The zero-order chi connectivity index (χ0) is 12.2. The first-order chi connectivity index (χ1) is 8.92. The van der Waals surface area contributed by atoms with Gasteiger partial charge in [-0.3, -0.25) is 4.99 Å². The lowest BCUT2D eigenvalue weighted by atomic mass is 10.1. The fourth-order valence-electron chi connectivity index (χ4n) is 1.99. The molecule has 0 spiro atoms. The van der Waals surface area contributed by atoms with Crippen molar-refractivity contribution < 1.29 is 0 Å². The molecule has 3 heteroatoms. The van der Waals surface area contributed by atoms with Gasteiger partial charge in [-0.2, -0.15) is 0 Å². The van der Waals surface area contributed by atoms with Gasteiger partial charge in [0.1, 0.15) is 0 Å². The van der Waals surface area contributed by atoms with Crippen LogP contribution in [0.2, 0.25) is 0 Å². The van der Waals surface area contributed by atoms with Crippen LogP contribution in [0.4, 0.5) is 5.69 Å². The highest BCUT2D eigenvalue weighted by atomic mass is 15.2. The van der Waals surface area contributed by atoms with Gasteiger partial charge in [0, 0.05) is 12.2 Å². The van der Waals surface area contributed by atoms with E-state index in [2.05, 4.69) is 64.2 Å². The molecular formula is C15H15N3. The van der Waals surface area contributed by atoms with Crippen LogP contribution in [0.15, 0.2) is 59.6 Å². The Bertz CT molecular complexity index is 544. The summed E-state index contributed by atoms with van der Waals surface area (Å²) in [5.41, 5.74) is 3.52. The molecule has 0 saturated carbocycles. The number of rotatable bonds is 2. The zero-order valence-corrected chi connectivity index (χ0v) is 10.1. The van der Waals surface area contributed by atoms with Gasteiger partial charge in [0.2, 0.25) is 0 Å². The van der Waals surface area contributed by atoms with Crippen molar-refractivity contribution in [3.63, 3.8) is 0 Å². The van der Waals surface area contributed by atoms with E-state index in [9.17, 15) is 0 Å². The van der Waals surface area contributed by atoms with Gasteiger partial charge in [0.05, 0.1) is 6.54 Å². The molecule has 0 aromatic heterocycles. The molecule has 0 bridgehead atoms. The summed E-state index contributed by atoms with van der Waals surface area (Å²) >= 11 is 0. The minimum absolute atomic E-state index is 0.852. The third-order valence-electron chi connectivity index (χ3n) is 2.93. The highest BCUT2D eigenvalue weighted by molar-refractivity contribution is 5.94.